The summed E-state index contributed by atoms with van der Waals surface area (Å²) < 4.78 is 0. The van der Waals surface area contributed by atoms with Gasteiger partial charge in [-0.3, -0.25) is 4.90 Å². The van der Waals surface area contributed by atoms with Gasteiger partial charge in [-0.2, -0.15) is 0 Å². The third-order valence-corrected chi connectivity index (χ3v) is 4.72. The average Bonchev–Trinajstić information content (AvgIpc) is 2.28. The van der Waals surface area contributed by atoms with E-state index >= 15 is 0 Å². The molecule has 20 heavy (non-hydrogen) atoms. The van der Waals surface area contributed by atoms with Crippen molar-refractivity contribution in [3.05, 3.63) is 0 Å². The van der Waals surface area contributed by atoms with Gasteiger partial charge in [0.1, 0.15) is 0 Å². The summed E-state index contributed by atoms with van der Waals surface area (Å²) >= 11 is 0. The van der Waals surface area contributed by atoms with E-state index in [0.29, 0.717) is 6.61 Å². The quantitative estimate of drug-likeness (QED) is 0.672. The molecule has 0 bridgehead atoms. The van der Waals surface area contributed by atoms with E-state index in [2.05, 4.69) is 32.6 Å². The molecule has 1 saturated heterocycles. The second-order valence-electron chi connectivity index (χ2n) is 7.68. The summed E-state index contributed by atoms with van der Waals surface area (Å²) in [6, 6.07) is 0. The second-order valence-corrected chi connectivity index (χ2v) is 7.68. The van der Waals surface area contributed by atoms with Crippen molar-refractivity contribution in [2.24, 2.45) is 0 Å². The van der Waals surface area contributed by atoms with Crippen LogP contribution in [0.5, 0.6) is 0 Å². The van der Waals surface area contributed by atoms with E-state index in [1.807, 2.05) is 0 Å². The summed E-state index contributed by atoms with van der Waals surface area (Å²) in [4.78, 5) is 2.60. The van der Waals surface area contributed by atoms with Gasteiger partial charge in [0.05, 0.1) is 6.10 Å². The fourth-order valence-corrected chi connectivity index (χ4v) is 3.96. The highest BCUT2D eigenvalue weighted by molar-refractivity contribution is 4.99. The van der Waals surface area contributed by atoms with Crippen LogP contribution in [0.3, 0.4) is 0 Å². The molecule has 1 aliphatic heterocycles. The molecule has 0 amide bonds. The number of aliphatic hydroxyl groups excluding tert-OH is 2. The largest absolute Gasteiger partial charge is 0.396 e. The maximum Gasteiger partial charge on any atom is 0.0575 e. The van der Waals surface area contributed by atoms with Crippen LogP contribution < -0.4 is 0 Å². The summed E-state index contributed by atoms with van der Waals surface area (Å²) in [5.74, 6) is 0. The van der Waals surface area contributed by atoms with Crippen LogP contribution in [0, 0.1) is 0 Å². The Labute approximate surface area is 125 Å². The van der Waals surface area contributed by atoms with Crippen molar-refractivity contribution in [1.29, 1.82) is 0 Å². The summed E-state index contributed by atoms with van der Waals surface area (Å²) in [6.45, 7) is 10.5. The van der Waals surface area contributed by atoms with E-state index in [0.717, 1.165) is 32.2 Å². The van der Waals surface area contributed by atoms with Gasteiger partial charge in [-0.15, -0.1) is 0 Å². The molecule has 0 aromatic heterocycles. The van der Waals surface area contributed by atoms with E-state index in [1.54, 1.807) is 0 Å². The van der Waals surface area contributed by atoms with Crippen LogP contribution in [0.4, 0.5) is 0 Å². The Morgan fingerprint density at radius 1 is 0.850 bits per heavy atom. The van der Waals surface area contributed by atoms with Gasteiger partial charge in [-0.05, 0) is 59.9 Å². The van der Waals surface area contributed by atoms with Crippen molar-refractivity contribution in [3.63, 3.8) is 0 Å². The number of unbranched alkanes of at least 4 members (excludes halogenated alkanes) is 5. The highest BCUT2D eigenvalue weighted by atomic mass is 16.3. The van der Waals surface area contributed by atoms with E-state index in [-0.39, 0.29) is 17.2 Å². The summed E-state index contributed by atoms with van der Waals surface area (Å²) in [5.41, 5.74) is 0.191. The van der Waals surface area contributed by atoms with E-state index < -0.39 is 0 Å². The summed E-state index contributed by atoms with van der Waals surface area (Å²) in [5, 5.41) is 18.8. The maximum atomic E-state index is 10.0. The predicted octanol–water partition coefficient (Wildman–Crippen LogP) is 3.33. The normalized spacial score (nSPS) is 23.1. The standard InChI is InChI=1S/C17H35NO2/c1-16(2)13-15(20)14-17(3,4)18(16)11-9-7-5-6-8-10-12-19/h15,19-20H,5-14H2,1-4H3. The average molecular weight is 285 g/mol. The van der Waals surface area contributed by atoms with Crippen LogP contribution in [0.25, 0.3) is 0 Å². The Morgan fingerprint density at radius 3 is 1.80 bits per heavy atom. The minimum Gasteiger partial charge on any atom is -0.396 e. The molecule has 0 radical (unpaired) electrons. The molecule has 1 heterocycles. The van der Waals surface area contributed by atoms with Crippen LogP contribution in [-0.2, 0) is 0 Å². The van der Waals surface area contributed by atoms with Gasteiger partial charge in [0.2, 0.25) is 0 Å². The van der Waals surface area contributed by atoms with E-state index in [9.17, 15) is 5.11 Å². The fourth-order valence-electron chi connectivity index (χ4n) is 3.96. The second kappa shape index (κ2) is 7.77. The van der Waals surface area contributed by atoms with Crippen LogP contribution in [0.15, 0.2) is 0 Å². The first-order valence-corrected chi connectivity index (χ1v) is 8.36. The molecule has 0 aromatic carbocycles. The fraction of sp³-hybridized carbons (Fsp3) is 1.00. The van der Waals surface area contributed by atoms with Crippen molar-refractivity contribution >= 4 is 0 Å². The van der Waals surface area contributed by atoms with Crippen molar-refractivity contribution in [1.82, 2.24) is 4.90 Å². The van der Waals surface area contributed by atoms with Gasteiger partial charge in [0, 0.05) is 17.7 Å². The lowest BCUT2D eigenvalue weighted by Gasteiger charge is -2.54. The highest BCUT2D eigenvalue weighted by Crippen LogP contribution is 2.38. The highest BCUT2D eigenvalue weighted by Gasteiger charge is 2.44. The summed E-state index contributed by atoms with van der Waals surface area (Å²) in [7, 11) is 0. The number of likely N-dealkylation sites (tertiary alicyclic amines) is 1. The SMILES string of the molecule is CC1(C)CC(O)CC(C)(C)N1CCCCCCCCO. The first-order chi connectivity index (χ1) is 9.29. The number of hydrogen-bond acceptors (Lipinski definition) is 3. The molecule has 0 saturated carbocycles. The van der Waals surface area contributed by atoms with Gasteiger partial charge in [0.15, 0.2) is 0 Å². The third kappa shape index (κ3) is 5.34. The summed E-state index contributed by atoms with van der Waals surface area (Å²) in [6.07, 6.45) is 8.74. The minimum absolute atomic E-state index is 0.0953. The molecule has 3 heteroatoms. The number of hydrogen-bond donors (Lipinski definition) is 2. The Hall–Kier alpha value is -0.120. The lowest BCUT2D eigenvalue weighted by Crippen LogP contribution is -2.61. The first-order valence-electron chi connectivity index (χ1n) is 8.36. The lowest BCUT2D eigenvalue weighted by atomic mass is 9.78. The van der Waals surface area contributed by atoms with Crippen LogP contribution in [0.1, 0.15) is 79.1 Å². The first kappa shape index (κ1) is 17.9. The Bertz CT molecular complexity index is 258. The predicted molar refractivity (Wildman–Crippen MR) is 84.9 cm³/mol. The lowest BCUT2D eigenvalue weighted by molar-refractivity contribution is -0.0810. The molecule has 1 rings (SSSR count). The monoisotopic (exact) mass is 285 g/mol. The van der Waals surface area contributed by atoms with Gasteiger partial charge in [0.25, 0.3) is 0 Å². The Morgan fingerprint density at radius 2 is 1.30 bits per heavy atom. The number of nitrogens with zero attached hydrogens (tertiary/aromatic N) is 1. The number of piperidine rings is 1. The van der Waals surface area contributed by atoms with Gasteiger partial charge >= 0.3 is 0 Å². The molecule has 3 nitrogen and oxygen atoms in total. The molecule has 0 spiro atoms. The molecule has 2 N–H and O–H groups in total. The number of rotatable bonds is 8. The smallest absolute Gasteiger partial charge is 0.0575 e. The molecule has 120 valence electrons. The minimum atomic E-state index is -0.158. The number of aliphatic hydroxyl groups is 2. The van der Waals surface area contributed by atoms with Crippen molar-refractivity contribution < 1.29 is 10.2 Å². The van der Waals surface area contributed by atoms with Crippen LogP contribution in [-0.4, -0.2) is 45.4 Å². The molecule has 1 fully saturated rings. The Kier molecular flexibility index (Phi) is 6.96. The molecule has 0 aromatic rings. The molecular weight excluding hydrogens is 250 g/mol. The van der Waals surface area contributed by atoms with E-state index in [1.165, 1.54) is 25.7 Å². The van der Waals surface area contributed by atoms with Gasteiger partial charge in [-0.1, -0.05) is 25.7 Å². The molecule has 0 unspecified atom stereocenters. The zero-order valence-corrected chi connectivity index (χ0v) is 14.0. The third-order valence-electron chi connectivity index (χ3n) is 4.72. The van der Waals surface area contributed by atoms with Gasteiger partial charge < -0.3 is 10.2 Å². The molecular formula is C17H35NO2. The zero-order valence-electron chi connectivity index (χ0n) is 14.0. The molecule has 0 aliphatic carbocycles. The van der Waals surface area contributed by atoms with Crippen molar-refractivity contribution in [3.8, 4) is 0 Å². The van der Waals surface area contributed by atoms with Crippen LogP contribution in [0.2, 0.25) is 0 Å². The Balaban J connectivity index is 2.33. The molecule has 1 aliphatic rings. The van der Waals surface area contributed by atoms with E-state index in [4.69, 9.17) is 5.11 Å². The van der Waals surface area contributed by atoms with Crippen molar-refractivity contribution in [2.75, 3.05) is 13.2 Å². The topological polar surface area (TPSA) is 43.7 Å². The van der Waals surface area contributed by atoms with Crippen molar-refractivity contribution in [2.45, 2.75) is 96.2 Å². The maximum absolute atomic E-state index is 10.0. The van der Waals surface area contributed by atoms with Crippen LogP contribution >= 0.6 is 0 Å². The van der Waals surface area contributed by atoms with Gasteiger partial charge in [-0.25, -0.2) is 0 Å². The molecule has 0 atom stereocenters. The zero-order chi connectivity index (χ0) is 15.2.